The molecule has 16 heavy (non-hydrogen) atoms. The molecule has 0 aliphatic rings. The third kappa shape index (κ3) is 4.06. The molecule has 0 radical (unpaired) electrons. The summed E-state index contributed by atoms with van der Waals surface area (Å²) in [4.78, 5) is 0. The highest BCUT2D eigenvalue weighted by Gasteiger charge is 2.08. The molecule has 0 bridgehead atoms. The summed E-state index contributed by atoms with van der Waals surface area (Å²) >= 11 is 6.04. The number of halogens is 3. The van der Waals surface area contributed by atoms with E-state index in [1.54, 1.807) is 6.07 Å². The maximum Gasteiger partial charge on any atom is 0.159 e. The predicted octanol–water partition coefficient (Wildman–Crippen LogP) is 3.32. The molecule has 1 nitrogen and oxygen atoms in total. The summed E-state index contributed by atoms with van der Waals surface area (Å²) in [6, 6.07) is 3.89. The van der Waals surface area contributed by atoms with Gasteiger partial charge in [0.2, 0.25) is 0 Å². The molecule has 1 aromatic rings. The van der Waals surface area contributed by atoms with Crippen molar-refractivity contribution < 1.29 is 8.78 Å². The van der Waals surface area contributed by atoms with Crippen molar-refractivity contribution in [1.29, 1.82) is 0 Å². The van der Waals surface area contributed by atoms with Crippen LogP contribution in [-0.2, 0) is 6.54 Å². The van der Waals surface area contributed by atoms with Gasteiger partial charge in [-0.05, 0) is 23.6 Å². The second kappa shape index (κ2) is 6.16. The lowest BCUT2D eigenvalue weighted by Crippen LogP contribution is -2.26. The maximum absolute atomic E-state index is 12.9. The zero-order chi connectivity index (χ0) is 12.1. The van der Waals surface area contributed by atoms with Crippen LogP contribution in [0.5, 0.6) is 0 Å². The minimum Gasteiger partial charge on any atom is -0.311 e. The monoisotopic (exact) mass is 247 g/mol. The maximum atomic E-state index is 12.9. The minimum absolute atomic E-state index is 0.0466. The van der Waals surface area contributed by atoms with E-state index in [4.69, 9.17) is 11.6 Å². The molecule has 0 saturated heterocycles. The van der Waals surface area contributed by atoms with Crippen LogP contribution in [0.2, 0.25) is 0 Å². The molecule has 1 atom stereocenters. The van der Waals surface area contributed by atoms with E-state index < -0.39 is 11.6 Å². The van der Waals surface area contributed by atoms with Crippen molar-refractivity contribution in [3.63, 3.8) is 0 Å². The van der Waals surface area contributed by atoms with Crippen molar-refractivity contribution in [1.82, 2.24) is 5.32 Å². The first-order chi connectivity index (χ1) is 7.50. The third-order valence-corrected chi connectivity index (χ3v) is 3.03. The Labute approximate surface area is 99.8 Å². The van der Waals surface area contributed by atoms with E-state index in [0.717, 1.165) is 6.07 Å². The molecule has 0 aliphatic carbocycles. The Morgan fingerprint density at radius 2 is 1.94 bits per heavy atom. The van der Waals surface area contributed by atoms with E-state index in [2.05, 4.69) is 5.32 Å². The Morgan fingerprint density at radius 3 is 2.50 bits per heavy atom. The lowest BCUT2D eigenvalue weighted by Gasteiger charge is -2.14. The Bertz CT molecular complexity index is 342. The van der Waals surface area contributed by atoms with Crippen molar-refractivity contribution in [2.45, 2.75) is 25.8 Å². The topological polar surface area (TPSA) is 12.0 Å². The molecule has 0 heterocycles. The molecule has 90 valence electrons. The van der Waals surface area contributed by atoms with Crippen molar-refractivity contribution in [2.75, 3.05) is 6.54 Å². The predicted molar refractivity (Wildman–Crippen MR) is 62.5 cm³/mol. The van der Waals surface area contributed by atoms with Crippen molar-refractivity contribution in [3.05, 3.63) is 35.4 Å². The Hall–Kier alpha value is -0.670. The molecule has 4 heteroatoms. The van der Waals surface area contributed by atoms with Gasteiger partial charge in [-0.15, -0.1) is 11.6 Å². The van der Waals surface area contributed by atoms with E-state index >= 15 is 0 Å². The molecule has 0 aromatic heterocycles. The Morgan fingerprint density at radius 1 is 1.25 bits per heavy atom. The second-order valence-electron chi connectivity index (χ2n) is 4.14. The SMILES string of the molecule is CC(C)C(Cl)CNCc1ccc(F)c(F)c1. The molecule has 0 aliphatic heterocycles. The van der Waals surface area contributed by atoms with Crippen molar-refractivity contribution in [2.24, 2.45) is 5.92 Å². The number of alkyl halides is 1. The summed E-state index contributed by atoms with van der Waals surface area (Å²) in [5.74, 6) is -1.24. The first-order valence-electron chi connectivity index (χ1n) is 5.29. The van der Waals surface area contributed by atoms with Gasteiger partial charge >= 0.3 is 0 Å². The molecule has 0 saturated carbocycles. The fraction of sp³-hybridized carbons (Fsp3) is 0.500. The normalized spacial score (nSPS) is 13.1. The average molecular weight is 248 g/mol. The van der Waals surface area contributed by atoms with Gasteiger partial charge in [0.05, 0.1) is 0 Å². The third-order valence-electron chi connectivity index (χ3n) is 2.38. The van der Waals surface area contributed by atoms with E-state index in [1.165, 1.54) is 6.07 Å². The summed E-state index contributed by atoms with van der Waals surface area (Å²) < 4.78 is 25.5. The molecule has 1 unspecified atom stereocenters. The van der Waals surface area contributed by atoms with Gasteiger partial charge in [0.25, 0.3) is 0 Å². The molecule has 0 amide bonds. The zero-order valence-electron chi connectivity index (χ0n) is 9.43. The average Bonchev–Trinajstić information content (AvgIpc) is 2.23. The highest BCUT2D eigenvalue weighted by molar-refractivity contribution is 6.20. The summed E-state index contributed by atoms with van der Waals surface area (Å²) in [5.41, 5.74) is 0.714. The van der Waals surface area contributed by atoms with Crippen LogP contribution < -0.4 is 5.32 Å². The molecule has 1 aromatic carbocycles. The fourth-order valence-electron chi connectivity index (χ4n) is 1.24. The lowest BCUT2D eigenvalue weighted by atomic mass is 10.1. The number of hydrogen-bond donors (Lipinski definition) is 1. The minimum atomic E-state index is -0.818. The smallest absolute Gasteiger partial charge is 0.159 e. The van der Waals surface area contributed by atoms with Crippen LogP contribution >= 0.6 is 11.6 Å². The van der Waals surface area contributed by atoms with Gasteiger partial charge in [0.1, 0.15) is 0 Å². The van der Waals surface area contributed by atoms with Crippen LogP contribution in [0, 0.1) is 17.6 Å². The zero-order valence-corrected chi connectivity index (χ0v) is 10.2. The van der Waals surface area contributed by atoms with Gasteiger partial charge in [-0.3, -0.25) is 0 Å². The van der Waals surface area contributed by atoms with Gasteiger partial charge in [0, 0.05) is 18.5 Å². The number of hydrogen-bond acceptors (Lipinski definition) is 1. The molecule has 1 N–H and O–H groups in total. The van der Waals surface area contributed by atoms with Gasteiger partial charge in [-0.25, -0.2) is 8.78 Å². The number of benzene rings is 1. The number of rotatable bonds is 5. The lowest BCUT2D eigenvalue weighted by molar-refractivity contribution is 0.504. The van der Waals surface area contributed by atoms with Crippen molar-refractivity contribution in [3.8, 4) is 0 Å². The van der Waals surface area contributed by atoms with E-state index in [0.29, 0.717) is 24.6 Å². The molecule has 1 rings (SSSR count). The van der Waals surface area contributed by atoms with Gasteiger partial charge in [-0.2, -0.15) is 0 Å². The van der Waals surface area contributed by atoms with Gasteiger partial charge < -0.3 is 5.32 Å². The fourth-order valence-corrected chi connectivity index (χ4v) is 1.35. The van der Waals surface area contributed by atoms with Crippen LogP contribution in [0.3, 0.4) is 0 Å². The van der Waals surface area contributed by atoms with Crippen LogP contribution in [0.1, 0.15) is 19.4 Å². The summed E-state index contributed by atoms with van der Waals surface area (Å²) in [6.07, 6.45) is 0. The summed E-state index contributed by atoms with van der Waals surface area (Å²) in [6.45, 7) is 5.22. The van der Waals surface area contributed by atoms with Crippen molar-refractivity contribution >= 4 is 11.6 Å². The van der Waals surface area contributed by atoms with Crippen LogP contribution in [0.15, 0.2) is 18.2 Å². The quantitative estimate of drug-likeness (QED) is 0.787. The summed E-state index contributed by atoms with van der Waals surface area (Å²) in [5, 5.41) is 3.15. The molecule has 0 spiro atoms. The first kappa shape index (κ1) is 13.4. The second-order valence-corrected chi connectivity index (χ2v) is 4.70. The van der Waals surface area contributed by atoms with E-state index in [9.17, 15) is 8.78 Å². The number of nitrogens with one attached hydrogen (secondary N) is 1. The summed E-state index contributed by atoms with van der Waals surface area (Å²) in [7, 11) is 0. The largest absolute Gasteiger partial charge is 0.311 e. The Balaban J connectivity index is 2.40. The molecule has 0 fully saturated rings. The van der Waals surface area contributed by atoms with Gasteiger partial charge in [0.15, 0.2) is 11.6 Å². The van der Waals surface area contributed by atoms with Crippen LogP contribution in [0.25, 0.3) is 0 Å². The molecular formula is C12H16ClF2N. The van der Waals surface area contributed by atoms with Crippen LogP contribution in [0.4, 0.5) is 8.78 Å². The first-order valence-corrected chi connectivity index (χ1v) is 5.73. The highest BCUT2D eigenvalue weighted by atomic mass is 35.5. The highest BCUT2D eigenvalue weighted by Crippen LogP contribution is 2.10. The van der Waals surface area contributed by atoms with Gasteiger partial charge in [-0.1, -0.05) is 19.9 Å². The van der Waals surface area contributed by atoms with Crippen LogP contribution in [-0.4, -0.2) is 11.9 Å². The Kier molecular flexibility index (Phi) is 5.16. The molecular weight excluding hydrogens is 232 g/mol. The van der Waals surface area contributed by atoms with E-state index in [-0.39, 0.29) is 5.38 Å². The standard InChI is InChI=1S/C12H16ClF2N/c1-8(2)10(13)7-16-6-9-3-4-11(14)12(15)5-9/h3-5,8,10,16H,6-7H2,1-2H3. The van der Waals surface area contributed by atoms with E-state index in [1.807, 2.05) is 13.8 Å².